The lowest BCUT2D eigenvalue weighted by Crippen LogP contribution is -2.43. The first-order valence-corrected chi connectivity index (χ1v) is 11.4. The summed E-state index contributed by atoms with van der Waals surface area (Å²) in [5.41, 5.74) is 5.11. The number of aromatic nitrogens is 2. The Morgan fingerprint density at radius 1 is 1.06 bits per heavy atom. The zero-order chi connectivity index (χ0) is 22.5. The number of amides is 1. The summed E-state index contributed by atoms with van der Waals surface area (Å²) in [4.78, 5) is 32.0. The van der Waals surface area contributed by atoms with Crippen LogP contribution in [0.5, 0.6) is 0 Å². The molecule has 1 amide bonds. The maximum atomic E-state index is 12.4. The second kappa shape index (κ2) is 10.0. The van der Waals surface area contributed by atoms with Gasteiger partial charge in [0.05, 0.1) is 18.1 Å². The van der Waals surface area contributed by atoms with Crippen LogP contribution in [0, 0.1) is 0 Å². The molecule has 4 rings (SSSR count). The van der Waals surface area contributed by atoms with Crippen LogP contribution in [-0.4, -0.2) is 45.5 Å². The van der Waals surface area contributed by atoms with Crippen molar-refractivity contribution in [3.05, 3.63) is 82.9 Å². The van der Waals surface area contributed by atoms with Crippen LogP contribution in [0.15, 0.2) is 60.9 Å². The van der Waals surface area contributed by atoms with E-state index in [1.54, 1.807) is 0 Å². The summed E-state index contributed by atoms with van der Waals surface area (Å²) in [7, 11) is 0. The number of nitrogens with zero attached hydrogens (tertiary/aromatic N) is 2. The number of fused-ring (bicyclic) bond motifs is 3. The average Bonchev–Trinajstić information content (AvgIpc) is 3.12. The van der Waals surface area contributed by atoms with Gasteiger partial charge in [-0.2, -0.15) is 11.8 Å². The van der Waals surface area contributed by atoms with E-state index in [9.17, 15) is 14.7 Å². The molecule has 2 N–H and O–H groups in total. The number of halogens is 1. The van der Waals surface area contributed by atoms with E-state index in [1.165, 1.54) is 24.2 Å². The van der Waals surface area contributed by atoms with Crippen LogP contribution in [0.25, 0.3) is 11.1 Å². The number of carboxylic acids is 1. The Morgan fingerprint density at radius 2 is 1.72 bits per heavy atom. The van der Waals surface area contributed by atoms with E-state index in [-0.39, 0.29) is 18.3 Å². The van der Waals surface area contributed by atoms with Crippen molar-refractivity contribution in [1.82, 2.24) is 15.3 Å². The van der Waals surface area contributed by atoms with Crippen molar-refractivity contribution in [1.29, 1.82) is 0 Å². The fourth-order valence-corrected chi connectivity index (χ4v) is 4.69. The monoisotopic (exact) mass is 469 g/mol. The maximum Gasteiger partial charge on any atom is 0.407 e. The summed E-state index contributed by atoms with van der Waals surface area (Å²) in [6, 6.07) is 15.0. The first kappa shape index (κ1) is 22.1. The molecular formula is C23H20ClN3O4S. The molecule has 7 nitrogen and oxygen atoms in total. The molecule has 0 saturated carbocycles. The molecule has 1 heterocycles. The van der Waals surface area contributed by atoms with E-state index in [2.05, 4.69) is 27.4 Å². The normalized spacial score (nSPS) is 13.2. The molecule has 0 fully saturated rings. The van der Waals surface area contributed by atoms with Gasteiger partial charge >= 0.3 is 12.1 Å². The van der Waals surface area contributed by atoms with Gasteiger partial charge in [0.15, 0.2) is 0 Å². The molecule has 0 bridgehead atoms. The van der Waals surface area contributed by atoms with E-state index in [4.69, 9.17) is 16.3 Å². The molecule has 1 aliphatic rings. The third-order valence-corrected chi connectivity index (χ3v) is 6.41. The molecule has 3 aromatic rings. The van der Waals surface area contributed by atoms with Crippen molar-refractivity contribution in [2.24, 2.45) is 0 Å². The summed E-state index contributed by atoms with van der Waals surface area (Å²) in [6.45, 7) is 0.125. The lowest BCUT2D eigenvalue weighted by atomic mass is 9.98. The summed E-state index contributed by atoms with van der Waals surface area (Å²) >= 11 is 7.03. The fourth-order valence-electron chi connectivity index (χ4n) is 3.65. The van der Waals surface area contributed by atoms with Crippen molar-refractivity contribution >= 4 is 35.4 Å². The number of nitrogens with one attached hydrogen (secondary N) is 1. The van der Waals surface area contributed by atoms with Crippen molar-refractivity contribution in [2.45, 2.75) is 17.7 Å². The predicted octanol–water partition coefficient (Wildman–Crippen LogP) is 4.36. The maximum absolute atomic E-state index is 12.4. The molecule has 1 atom stereocenters. The smallest absolute Gasteiger partial charge is 0.407 e. The second-order valence-electron chi connectivity index (χ2n) is 7.21. The molecule has 1 unspecified atom stereocenters. The minimum atomic E-state index is -1.13. The van der Waals surface area contributed by atoms with Crippen LogP contribution in [-0.2, 0) is 15.3 Å². The van der Waals surface area contributed by atoms with Crippen LogP contribution < -0.4 is 5.32 Å². The number of hydrogen-bond donors (Lipinski definition) is 2. The highest BCUT2D eigenvalue weighted by molar-refractivity contribution is 7.98. The third kappa shape index (κ3) is 5.03. The van der Waals surface area contributed by atoms with Crippen LogP contribution in [0.2, 0.25) is 5.15 Å². The Kier molecular flexibility index (Phi) is 6.92. The number of thioether (sulfide) groups is 1. The number of carbonyl (C=O) groups is 2. The van der Waals surface area contributed by atoms with Gasteiger partial charge in [-0.15, -0.1) is 0 Å². The van der Waals surface area contributed by atoms with Gasteiger partial charge in [-0.3, -0.25) is 4.98 Å². The average molecular weight is 470 g/mol. The molecule has 0 aliphatic heterocycles. The number of ether oxygens (including phenoxy) is 1. The summed E-state index contributed by atoms with van der Waals surface area (Å²) < 4.78 is 5.44. The van der Waals surface area contributed by atoms with Crippen molar-refractivity contribution in [3.8, 4) is 11.1 Å². The van der Waals surface area contributed by atoms with E-state index >= 15 is 0 Å². The molecule has 164 valence electrons. The fraction of sp³-hybridized carbons (Fsp3) is 0.217. The predicted molar refractivity (Wildman–Crippen MR) is 123 cm³/mol. The first-order chi connectivity index (χ1) is 15.5. The number of alkyl carbamates (subject to hydrolysis) is 1. The van der Waals surface area contributed by atoms with Gasteiger partial charge in [-0.25, -0.2) is 14.6 Å². The Morgan fingerprint density at radius 3 is 2.31 bits per heavy atom. The Balaban J connectivity index is 1.33. The largest absolute Gasteiger partial charge is 0.480 e. The zero-order valence-corrected chi connectivity index (χ0v) is 18.5. The molecule has 2 aromatic carbocycles. The molecule has 1 aromatic heterocycles. The third-order valence-electron chi connectivity index (χ3n) is 5.14. The zero-order valence-electron chi connectivity index (χ0n) is 16.9. The van der Waals surface area contributed by atoms with E-state index < -0.39 is 18.1 Å². The number of carboxylic acid groups (broad SMARTS) is 1. The molecule has 9 heteroatoms. The molecule has 1 aliphatic carbocycles. The highest BCUT2D eigenvalue weighted by Gasteiger charge is 2.29. The highest BCUT2D eigenvalue weighted by Crippen LogP contribution is 2.44. The lowest BCUT2D eigenvalue weighted by molar-refractivity contribution is -0.138. The standard InChI is InChI=1S/C23H20ClN3O4S/c24-21-10-25-14(9-26-21)12-32-13-20(22(28)29)27-23(30)31-11-19-17-7-3-1-5-15(17)16-6-2-4-8-18(16)19/h1-10,19-20H,11-13H2,(H,27,30)(H,28,29). The van der Waals surface area contributed by atoms with Gasteiger partial charge in [0, 0.05) is 17.4 Å². The Hall–Kier alpha value is -3.10. The quantitative estimate of drug-likeness (QED) is 0.505. The van der Waals surface area contributed by atoms with Crippen molar-refractivity contribution < 1.29 is 19.4 Å². The number of carbonyl (C=O) groups excluding carboxylic acids is 1. The minimum Gasteiger partial charge on any atom is -0.480 e. The summed E-state index contributed by atoms with van der Waals surface area (Å²) in [5.74, 6) is -0.619. The van der Waals surface area contributed by atoms with E-state index in [0.29, 0.717) is 16.6 Å². The highest BCUT2D eigenvalue weighted by atomic mass is 35.5. The van der Waals surface area contributed by atoms with Crippen LogP contribution in [0.3, 0.4) is 0 Å². The van der Waals surface area contributed by atoms with Crippen molar-refractivity contribution in [2.75, 3.05) is 12.4 Å². The van der Waals surface area contributed by atoms with Gasteiger partial charge < -0.3 is 15.2 Å². The first-order valence-electron chi connectivity index (χ1n) is 9.91. The van der Waals surface area contributed by atoms with E-state index in [1.807, 2.05) is 36.4 Å². The summed E-state index contributed by atoms with van der Waals surface area (Å²) in [5, 5.41) is 12.2. The Bertz CT molecular complexity index is 1080. The van der Waals surface area contributed by atoms with Gasteiger partial charge in [0.25, 0.3) is 0 Å². The van der Waals surface area contributed by atoms with Gasteiger partial charge in [-0.05, 0) is 22.3 Å². The molecule has 0 saturated heterocycles. The van der Waals surface area contributed by atoms with Crippen LogP contribution in [0.1, 0.15) is 22.7 Å². The SMILES string of the molecule is O=C(NC(CSCc1cnc(Cl)cn1)C(=O)O)OCC1c2ccccc2-c2ccccc21. The van der Waals surface area contributed by atoms with Crippen LogP contribution >= 0.6 is 23.4 Å². The number of hydrogen-bond acceptors (Lipinski definition) is 6. The molecule has 0 spiro atoms. The number of aliphatic carboxylic acids is 1. The van der Waals surface area contributed by atoms with Gasteiger partial charge in [0.1, 0.15) is 17.8 Å². The van der Waals surface area contributed by atoms with E-state index in [0.717, 1.165) is 22.3 Å². The lowest BCUT2D eigenvalue weighted by Gasteiger charge is -2.17. The molecule has 32 heavy (non-hydrogen) atoms. The second-order valence-corrected chi connectivity index (χ2v) is 8.62. The van der Waals surface area contributed by atoms with Gasteiger partial charge in [0.2, 0.25) is 0 Å². The Labute approximate surface area is 194 Å². The van der Waals surface area contributed by atoms with Crippen molar-refractivity contribution in [3.63, 3.8) is 0 Å². The topological polar surface area (TPSA) is 101 Å². The molecular weight excluding hydrogens is 450 g/mol. The minimum absolute atomic E-state index is 0.0886. The number of benzene rings is 2. The summed E-state index contributed by atoms with van der Waals surface area (Å²) in [6.07, 6.45) is 2.21. The van der Waals surface area contributed by atoms with Gasteiger partial charge in [-0.1, -0.05) is 60.1 Å². The molecule has 0 radical (unpaired) electrons. The van der Waals surface area contributed by atoms with Crippen LogP contribution in [0.4, 0.5) is 4.79 Å². The number of rotatable bonds is 8.